The van der Waals surface area contributed by atoms with Gasteiger partial charge in [-0.2, -0.15) is 5.26 Å². The summed E-state index contributed by atoms with van der Waals surface area (Å²) in [6.45, 7) is 5.92. The first-order valence-electron chi connectivity index (χ1n) is 7.52. The minimum absolute atomic E-state index is 0.185. The highest BCUT2D eigenvalue weighted by molar-refractivity contribution is 5.68. The summed E-state index contributed by atoms with van der Waals surface area (Å²) in [5.74, 6) is -1.40. The summed E-state index contributed by atoms with van der Waals surface area (Å²) in [5.41, 5.74) is -1.45. The second-order valence-electron chi connectivity index (χ2n) is 6.79. The summed E-state index contributed by atoms with van der Waals surface area (Å²) in [4.78, 5) is 13.6. The number of likely N-dealkylation sites (tertiary alicyclic amines) is 1. The predicted octanol–water partition coefficient (Wildman–Crippen LogP) is 3.76. The van der Waals surface area contributed by atoms with Crippen molar-refractivity contribution in [1.29, 1.82) is 5.26 Å². The molecule has 1 aromatic carbocycles. The van der Waals surface area contributed by atoms with Crippen LogP contribution in [-0.2, 0) is 10.2 Å². The standard InChI is InChI=1S/C17H20F2N2O2/c1-16(2,3)23-15(22)21-8-6-17(11-20,7-9-21)13-5-4-12(18)10-14(13)19/h4-5,10H,6-9H2,1-3H3. The zero-order chi connectivity index (χ0) is 17.3. The largest absolute Gasteiger partial charge is 0.444 e. The number of amides is 1. The van der Waals surface area contributed by atoms with Crippen LogP contribution in [-0.4, -0.2) is 29.7 Å². The van der Waals surface area contributed by atoms with Crippen LogP contribution in [0.25, 0.3) is 0 Å². The van der Waals surface area contributed by atoms with Crippen molar-refractivity contribution in [1.82, 2.24) is 4.90 Å². The van der Waals surface area contributed by atoms with Gasteiger partial charge in [-0.25, -0.2) is 13.6 Å². The number of hydrogen-bond donors (Lipinski definition) is 0. The zero-order valence-corrected chi connectivity index (χ0v) is 13.5. The Morgan fingerprint density at radius 3 is 2.39 bits per heavy atom. The third-order valence-electron chi connectivity index (χ3n) is 3.93. The van der Waals surface area contributed by atoms with Crippen LogP contribution in [0.15, 0.2) is 18.2 Å². The molecule has 1 fully saturated rings. The molecule has 0 spiro atoms. The number of nitriles is 1. The summed E-state index contributed by atoms with van der Waals surface area (Å²) >= 11 is 0. The lowest BCUT2D eigenvalue weighted by Gasteiger charge is -2.38. The lowest BCUT2D eigenvalue weighted by atomic mass is 9.74. The number of hydrogen-bond acceptors (Lipinski definition) is 3. The molecule has 0 radical (unpaired) electrons. The van der Waals surface area contributed by atoms with E-state index in [9.17, 15) is 18.8 Å². The Morgan fingerprint density at radius 2 is 1.91 bits per heavy atom. The number of carbonyl (C=O) groups excluding carboxylic acids is 1. The quantitative estimate of drug-likeness (QED) is 0.791. The number of piperidine rings is 1. The molecule has 0 unspecified atom stereocenters. The predicted molar refractivity (Wildman–Crippen MR) is 80.7 cm³/mol. The molecule has 1 aliphatic rings. The van der Waals surface area contributed by atoms with Gasteiger partial charge in [-0.05, 0) is 39.7 Å². The normalized spacial score (nSPS) is 17.5. The van der Waals surface area contributed by atoms with Crippen LogP contribution >= 0.6 is 0 Å². The smallest absolute Gasteiger partial charge is 0.410 e. The van der Waals surface area contributed by atoms with Crippen LogP contribution in [0.5, 0.6) is 0 Å². The molecule has 0 bridgehead atoms. The van der Waals surface area contributed by atoms with Crippen molar-refractivity contribution in [3.05, 3.63) is 35.4 Å². The van der Waals surface area contributed by atoms with Crippen molar-refractivity contribution in [3.63, 3.8) is 0 Å². The van der Waals surface area contributed by atoms with Gasteiger partial charge < -0.3 is 9.64 Å². The van der Waals surface area contributed by atoms with Crippen molar-refractivity contribution < 1.29 is 18.3 Å². The molecule has 1 amide bonds. The molecule has 1 heterocycles. The van der Waals surface area contributed by atoms with E-state index in [2.05, 4.69) is 6.07 Å². The molecule has 124 valence electrons. The second-order valence-corrected chi connectivity index (χ2v) is 6.79. The Kier molecular flexibility index (Phi) is 4.60. The maximum Gasteiger partial charge on any atom is 0.410 e. The van der Waals surface area contributed by atoms with Crippen molar-refractivity contribution in [3.8, 4) is 6.07 Å². The molecule has 1 aromatic rings. The average molecular weight is 322 g/mol. The number of nitrogens with zero attached hydrogens (tertiary/aromatic N) is 2. The van der Waals surface area contributed by atoms with Crippen molar-refractivity contribution in [2.24, 2.45) is 0 Å². The highest BCUT2D eigenvalue weighted by Gasteiger charge is 2.40. The minimum atomic E-state index is -1.05. The third kappa shape index (κ3) is 3.79. The van der Waals surface area contributed by atoms with Gasteiger partial charge in [-0.15, -0.1) is 0 Å². The number of benzene rings is 1. The minimum Gasteiger partial charge on any atom is -0.444 e. The molecule has 2 rings (SSSR count). The van der Waals surface area contributed by atoms with Crippen LogP contribution in [0.1, 0.15) is 39.2 Å². The molecule has 0 N–H and O–H groups in total. The average Bonchev–Trinajstić information content (AvgIpc) is 2.45. The maximum atomic E-state index is 14.0. The van der Waals surface area contributed by atoms with Crippen LogP contribution in [0.3, 0.4) is 0 Å². The fourth-order valence-corrected chi connectivity index (χ4v) is 2.72. The van der Waals surface area contributed by atoms with Crippen LogP contribution < -0.4 is 0 Å². The highest BCUT2D eigenvalue weighted by atomic mass is 19.1. The first kappa shape index (κ1) is 17.2. The van der Waals surface area contributed by atoms with Gasteiger partial charge in [-0.3, -0.25) is 0 Å². The Labute approximate surface area is 134 Å². The van der Waals surface area contributed by atoms with E-state index >= 15 is 0 Å². The summed E-state index contributed by atoms with van der Waals surface area (Å²) in [7, 11) is 0. The SMILES string of the molecule is CC(C)(C)OC(=O)N1CCC(C#N)(c2ccc(F)cc2F)CC1. The van der Waals surface area contributed by atoms with Crippen LogP contribution in [0.4, 0.5) is 13.6 Å². The molecular formula is C17H20F2N2O2. The van der Waals surface area contributed by atoms with Gasteiger partial charge in [0.2, 0.25) is 0 Å². The van der Waals surface area contributed by atoms with E-state index in [1.165, 1.54) is 11.0 Å². The Morgan fingerprint density at radius 1 is 1.30 bits per heavy atom. The number of ether oxygens (including phenoxy) is 1. The van der Waals surface area contributed by atoms with Gasteiger partial charge in [0.15, 0.2) is 0 Å². The third-order valence-corrected chi connectivity index (χ3v) is 3.93. The fourth-order valence-electron chi connectivity index (χ4n) is 2.72. The fraction of sp³-hybridized carbons (Fsp3) is 0.529. The monoisotopic (exact) mass is 322 g/mol. The van der Waals surface area contributed by atoms with E-state index in [4.69, 9.17) is 4.74 Å². The Balaban J connectivity index is 2.14. The van der Waals surface area contributed by atoms with Gasteiger partial charge in [0, 0.05) is 24.7 Å². The lowest BCUT2D eigenvalue weighted by Crippen LogP contribution is -2.46. The molecule has 1 saturated heterocycles. The van der Waals surface area contributed by atoms with Gasteiger partial charge in [0.05, 0.1) is 11.5 Å². The van der Waals surface area contributed by atoms with Crippen LogP contribution in [0, 0.1) is 23.0 Å². The molecule has 6 heteroatoms. The van der Waals surface area contributed by atoms with E-state index in [-0.39, 0.29) is 18.4 Å². The molecular weight excluding hydrogens is 302 g/mol. The Hall–Kier alpha value is -2.16. The number of carbonyl (C=O) groups is 1. The summed E-state index contributed by atoms with van der Waals surface area (Å²) in [5, 5.41) is 9.55. The molecule has 1 aliphatic heterocycles. The van der Waals surface area contributed by atoms with Crippen molar-refractivity contribution in [2.45, 2.75) is 44.6 Å². The van der Waals surface area contributed by atoms with Gasteiger partial charge in [0.1, 0.15) is 17.2 Å². The van der Waals surface area contributed by atoms with Crippen LogP contribution in [0.2, 0.25) is 0 Å². The summed E-state index contributed by atoms with van der Waals surface area (Å²) < 4.78 is 32.4. The second kappa shape index (κ2) is 6.15. The van der Waals surface area contributed by atoms with E-state index in [1.54, 1.807) is 20.8 Å². The molecule has 0 atom stereocenters. The maximum absolute atomic E-state index is 14.0. The van der Waals surface area contributed by atoms with Gasteiger partial charge in [0.25, 0.3) is 0 Å². The number of rotatable bonds is 1. The summed E-state index contributed by atoms with van der Waals surface area (Å²) in [6, 6.07) is 5.41. The van der Waals surface area contributed by atoms with E-state index in [1.807, 2.05) is 0 Å². The lowest BCUT2D eigenvalue weighted by molar-refractivity contribution is 0.0184. The summed E-state index contributed by atoms with van der Waals surface area (Å²) in [6.07, 6.45) is 0.125. The van der Waals surface area contributed by atoms with Gasteiger partial charge in [-0.1, -0.05) is 6.07 Å². The van der Waals surface area contributed by atoms with Crippen molar-refractivity contribution >= 4 is 6.09 Å². The Bertz CT molecular complexity index is 639. The van der Waals surface area contributed by atoms with E-state index < -0.39 is 28.7 Å². The molecule has 0 aromatic heterocycles. The molecule has 4 nitrogen and oxygen atoms in total. The molecule has 0 aliphatic carbocycles. The van der Waals surface area contributed by atoms with E-state index in [0.717, 1.165) is 12.1 Å². The zero-order valence-electron chi connectivity index (χ0n) is 13.5. The van der Waals surface area contributed by atoms with Crippen molar-refractivity contribution in [2.75, 3.05) is 13.1 Å². The molecule has 0 saturated carbocycles. The topological polar surface area (TPSA) is 53.3 Å². The molecule has 23 heavy (non-hydrogen) atoms. The highest BCUT2D eigenvalue weighted by Crippen LogP contribution is 2.37. The number of halogens is 2. The van der Waals surface area contributed by atoms with E-state index in [0.29, 0.717) is 13.1 Å². The van der Waals surface area contributed by atoms with Gasteiger partial charge >= 0.3 is 6.09 Å². The first-order valence-corrected chi connectivity index (χ1v) is 7.52. The first-order chi connectivity index (χ1) is 10.7.